The Balaban J connectivity index is 1.93. The normalized spacial score (nSPS) is 17.0. The molecule has 1 saturated heterocycles. The largest absolute Gasteiger partial charge is 0.344 e. The molecule has 1 aliphatic rings. The van der Waals surface area contributed by atoms with Gasteiger partial charge in [0.2, 0.25) is 17.6 Å². The number of benzene rings is 1. The van der Waals surface area contributed by atoms with Crippen molar-refractivity contribution in [2.45, 2.75) is 58.5 Å². The number of rotatable bonds is 11. The monoisotopic (exact) mass is 458 g/mol. The summed E-state index contributed by atoms with van der Waals surface area (Å²) in [6.45, 7) is 7.83. The maximum absolute atomic E-state index is 12.9. The highest BCUT2D eigenvalue weighted by molar-refractivity contribution is 6.38. The van der Waals surface area contributed by atoms with E-state index >= 15 is 0 Å². The lowest BCUT2D eigenvalue weighted by atomic mass is 10.00. The molecule has 33 heavy (non-hydrogen) atoms. The van der Waals surface area contributed by atoms with E-state index in [1.54, 1.807) is 11.8 Å². The van der Waals surface area contributed by atoms with Gasteiger partial charge in [-0.1, -0.05) is 57.0 Å². The Kier molecular flexibility index (Phi) is 10.5. The minimum absolute atomic E-state index is 0.230. The van der Waals surface area contributed by atoms with Crippen molar-refractivity contribution in [3.63, 3.8) is 0 Å². The summed E-state index contributed by atoms with van der Waals surface area (Å²) in [4.78, 5) is 54.7. The third-order valence-electron chi connectivity index (χ3n) is 6.06. The molecule has 1 heterocycles. The maximum atomic E-state index is 12.9. The molecule has 0 saturated carbocycles. The molecule has 182 valence electrons. The Bertz CT molecular complexity index is 806. The molecule has 8 nitrogen and oxygen atoms in total. The van der Waals surface area contributed by atoms with Gasteiger partial charge in [-0.05, 0) is 32.4 Å². The van der Waals surface area contributed by atoms with Crippen LogP contribution in [0.1, 0.15) is 45.6 Å². The zero-order chi connectivity index (χ0) is 24.4. The first-order valence-corrected chi connectivity index (χ1v) is 11.9. The van der Waals surface area contributed by atoms with Gasteiger partial charge >= 0.3 is 0 Å². The highest BCUT2D eigenvalue weighted by Gasteiger charge is 2.32. The molecule has 2 N–H and O–H groups in total. The number of nitrogens with one attached hydrogen (secondary N) is 2. The predicted octanol–water partition coefficient (Wildman–Crippen LogP) is 1.39. The Morgan fingerprint density at radius 2 is 1.58 bits per heavy atom. The van der Waals surface area contributed by atoms with Crippen LogP contribution in [0.15, 0.2) is 30.3 Å². The first kappa shape index (κ1) is 26.5. The molecule has 0 bridgehead atoms. The van der Waals surface area contributed by atoms with Gasteiger partial charge in [0, 0.05) is 32.1 Å². The number of unbranched alkanes of at least 4 members (excludes halogenated alkanes) is 1. The molecule has 1 fully saturated rings. The van der Waals surface area contributed by atoms with Gasteiger partial charge in [-0.3, -0.25) is 19.2 Å². The average Bonchev–Trinajstić information content (AvgIpc) is 2.81. The van der Waals surface area contributed by atoms with E-state index in [1.807, 2.05) is 51.2 Å². The molecule has 2 rings (SSSR count). The van der Waals surface area contributed by atoms with E-state index in [0.29, 0.717) is 32.4 Å². The summed E-state index contributed by atoms with van der Waals surface area (Å²) in [5, 5.41) is 5.45. The van der Waals surface area contributed by atoms with Crippen LogP contribution >= 0.6 is 0 Å². The number of piperazine rings is 1. The minimum atomic E-state index is -0.884. The number of ketones is 1. The highest BCUT2D eigenvalue weighted by atomic mass is 16.2. The van der Waals surface area contributed by atoms with E-state index in [4.69, 9.17) is 0 Å². The van der Waals surface area contributed by atoms with E-state index in [9.17, 15) is 19.2 Å². The van der Waals surface area contributed by atoms with E-state index in [2.05, 4.69) is 15.5 Å². The smallest absolute Gasteiger partial charge is 0.292 e. The van der Waals surface area contributed by atoms with Crippen LogP contribution in [0.2, 0.25) is 0 Å². The topological polar surface area (TPSA) is 98.8 Å². The summed E-state index contributed by atoms with van der Waals surface area (Å²) >= 11 is 0. The number of likely N-dealkylation sites (N-methyl/N-ethyl adjacent to an activating group) is 1. The molecule has 0 aromatic heterocycles. The van der Waals surface area contributed by atoms with Crippen LogP contribution in [0.5, 0.6) is 0 Å². The summed E-state index contributed by atoms with van der Waals surface area (Å²) in [7, 11) is 1.98. The van der Waals surface area contributed by atoms with Crippen molar-refractivity contribution < 1.29 is 19.2 Å². The SMILES string of the molecule is CCCCC(NC(=O)[C@H](C)NC(=O)[C@@H](C)Cc1ccccc1)C(=O)C(=O)N1CCN(C)CC1. The molecule has 0 aliphatic carbocycles. The molecule has 1 unspecified atom stereocenters. The predicted molar refractivity (Wildman–Crippen MR) is 127 cm³/mol. The van der Waals surface area contributed by atoms with Gasteiger partial charge in [0.1, 0.15) is 6.04 Å². The molecule has 1 aromatic carbocycles. The van der Waals surface area contributed by atoms with Crippen molar-refractivity contribution in [2.24, 2.45) is 5.92 Å². The number of hydrogen-bond donors (Lipinski definition) is 2. The van der Waals surface area contributed by atoms with Crippen LogP contribution in [0.25, 0.3) is 0 Å². The molecule has 1 aliphatic heterocycles. The van der Waals surface area contributed by atoms with Crippen molar-refractivity contribution in [1.82, 2.24) is 20.4 Å². The number of nitrogens with zero attached hydrogens (tertiary/aromatic N) is 2. The molecular weight excluding hydrogens is 420 g/mol. The van der Waals surface area contributed by atoms with Gasteiger partial charge in [0.15, 0.2) is 0 Å². The number of carbonyl (C=O) groups is 4. The lowest BCUT2D eigenvalue weighted by Gasteiger charge is -2.32. The van der Waals surface area contributed by atoms with E-state index in [1.165, 1.54) is 0 Å². The van der Waals surface area contributed by atoms with E-state index in [-0.39, 0.29) is 11.8 Å². The van der Waals surface area contributed by atoms with Crippen LogP contribution < -0.4 is 10.6 Å². The summed E-state index contributed by atoms with van der Waals surface area (Å²) < 4.78 is 0. The second-order valence-electron chi connectivity index (χ2n) is 8.98. The summed E-state index contributed by atoms with van der Waals surface area (Å²) in [6, 6.07) is 7.99. The van der Waals surface area contributed by atoms with Crippen LogP contribution in [0, 0.1) is 5.92 Å². The zero-order valence-electron chi connectivity index (χ0n) is 20.3. The van der Waals surface area contributed by atoms with Crippen LogP contribution in [0.4, 0.5) is 0 Å². The lowest BCUT2D eigenvalue weighted by molar-refractivity contribution is -0.147. The molecule has 3 amide bonds. The standard InChI is InChI=1S/C25H38N4O4/c1-5-6-12-21(22(30)25(33)29-15-13-28(4)14-16-29)27-24(32)19(3)26-23(31)18(2)17-20-10-8-7-9-11-20/h7-11,18-19,21H,5-6,12-17H2,1-4H3,(H,26,31)(H,27,32)/t18-,19-,21?/m0/s1. The lowest BCUT2D eigenvalue weighted by Crippen LogP contribution is -2.56. The molecule has 0 spiro atoms. The number of Topliss-reactive ketones (excluding diaryl/α,β-unsaturated/α-hetero) is 1. The number of amides is 3. The van der Waals surface area contributed by atoms with Gasteiger partial charge in [-0.2, -0.15) is 0 Å². The summed E-state index contributed by atoms with van der Waals surface area (Å²) in [5.74, 6) is -2.13. The average molecular weight is 459 g/mol. The Morgan fingerprint density at radius 3 is 2.18 bits per heavy atom. The molecule has 1 aromatic rings. The highest BCUT2D eigenvalue weighted by Crippen LogP contribution is 2.10. The summed E-state index contributed by atoms with van der Waals surface area (Å²) in [6.07, 6.45) is 2.51. The zero-order valence-corrected chi connectivity index (χ0v) is 20.3. The van der Waals surface area contributed by atoms with Crippen molar-refractivity contribution >= 4 is 23.5 Å². The molecule has 3 atom stereocenters. The third-order valence-corrected chi connectivity index (χ3v) is 6.06. The first-order chi connectivity index (χ1) is 15.7. The molecule has 8 heteroatoms. The van der Waals surface area contributed by atoms with Gasteiger partial charge in [0.25, 0.3) is 5.91 Å². The van der Waals surface area contributed by atoms with Crippen LogP contribution in [0.3, 0.4) is 0 Å². The van der Waals surface area contributed by atoms with Crippen molar-refractivity contribution in [3.05, 3.63) is 35.9 Å². The van der Waals surface area contributed by atoms with E-state index < -0.39 is 29.7 Å². The fourth-order valence-electron chi connectivity index (χ4n) is 3.77. The van der Waals surface area contributed by atoms with Crippen molar-refractivity contribution in [3.8, 4) is 0 Å². The minimum Gasteiger partial charge on any atom is -0.344 e. The number of carbonyl (C=O) groups excluding carboxylic acids is 4. The first-order valence-electron chi connectivity index (χ1n) is 11.9. The second-order valence-corrected chi connectivity index (χ2v) is 8.98. The number of hydrogen-bond acceptors (Lipinski definition) is 5. The van der Waals surface area contributed by atoms with Gasteiger partial charge in [-0.15, -0.1) is 0 Å². The van der Waals surface area contributed by atoms with Crippen LogP contribution in [-0.2, 0) is 25.6 Å². The van der Waals surface area contributed by atoms with Gasteiger partial charge in [0.05, 0.1) is 6.04 Å². The van der Waals surface area contributed by atoms with Crippen LogP contribution in [-0.4, -0.2) is 78.6 Å². The molecular formula is C25H38N4O4. The Hall–Kier alpha value is -2.74. The van der Waals surface area contributed by atoms with E-state index in [0.717, 1.165) is 25.1 Å². The van der Waals surface area contributed by atoms with Crippen molar-refractivity contribution in [1.29, 1.82) is 0 Å². The third kappa shape index (κ3) is 8.28. The summed E-state index contributed by atoms with van der Waals surface area (Å²) in [5.41, 5.74) is 1.05. The fourth-order valence-corrected chi connectivity index (χ4v) is 3.77. The van der Waals surface area contributed by atoms with Crippen molar-refractivity contribution in [2.75, 3.05) is 33.2 Å². The fraction of sp³-hybridized carbons (Fsp3) is 0.600. The Labute approximate surface area is 197 Å². The molecule has 0 radical (unpaired) electrons. The second kappa shape index (κ2) is 13.1. The van der Waals surface area contributed by atoms with Gasteiger partial charge in [-0.25, -0.2) is 0 Å². The van der Waals surface area contributed by atoms with Gasteiger partial charge < -0.3 is 20.4 Å². The Morgan fingerprint density at radius 1 is 0.939 bits per heavy atom. The quantitative estimate of drug-likeness (QED) is 0.488. The maximum Gasteiger partial charge on any atom is 0.292 e.